The molecule has 0 saturated carbocycles. The minimum atomic E-state index is -2.28. The minimum Gasteiger partial charge on any atom is -0.760 e. The van der Waals surface area contributed by atoms with E-state index in [0.29, 0.717) is 5.82 Å². The third-order valence-corrected chi connectivity index (χ3v) is 3.75. The summed E-state index contributed by atoms with van der Waals surface area (Å²) >= 11 is -2.28. The Balaban J connectivity index is 1.85. The average molecular weight is 304 g/mol. The Hall–Kier alpha value is -2.03. The molecule has 2 aromatic heterocycles. The average Bonchev–Trinajstić information content (AvgIpc) is 2.95. The molecule has 21 heavy (non-hydrogen) atoms. The molecule has 0 aliphatic heterocycles. The van der Waals surface area contributed by atoms with Gasteiger partial charge in [-0.05, 0) is 19.4 Å². The molecule has 0 radical (unpaired) electrons. The number of rotatable bonds is 4. The first-order valence-corrected chi connectivity index (χ1v) is 7.48. The quantitative estimate of drug-likeness (QED) is 0.713. The zero-order chi connectivity index (χ0) is 15.0. The zero-order valence-electron chi connectivity index (χ0n) is 11.5. The van der Waals surface area contributed by atoms with E-state index in [-0.39, 0.29) is 6.04 Å². The lowest BCUT2D eigenvalue weighted by Gasteiger charge is -2.15. The van der Waals surface area contributed by atoms with Crippen LogP contribution in [-0.2, 0) is 11.3 Å². The summed E-state index contributed by atoms with van der Waals surface area (Å²) in [6.45, 7) is 3.73. The first-order chi connectivity index (χ1) is 10.0. The van der Waals surface area contributed by atoms with E-state index in [1.54, 1.807) is 11.6 Å². The highest BCUT2D eigenvalue weighted by atomic mass is 32.2. The Morgan fingerprint density at radius 1 is 1.38 bits per heavy atom. The summed E-state index contributed by atoms with van der Waals surface area (Å²) in [6.07, 6.45) is 0. The summed E-state index contributed by atoms with van der Waals surface area (Å²) in [6, 6.07) is 9.12. The van der Waals surface area contributed by atoms with Gasteiger partial charge in [-0.1, -0.05) is 24.3 Å². The van der Waals surface area contributed by atoms with Crippen molar-refractivity contribution in [3.05, 3.63) is 41.6 Å². The van der Waals surface area contributed by atoms with Gasteiger partial charge in [0.1, 0.15) is 0 Å². The van der Waals surface area contributed by atoms with E-state index in [9.17, 15) is 8.76 Å². The largest absolute Gasteiger partial charge is 0.760 e. The number of nitrogens with zero attached hydrogens (tertiary/aromatic N) is 3. The summed E-state index contributed by atoms with van der Waals surface area (Å²) in [7, 11) is 0. The van der Waals surface area contributed by atoms with Gasteiger partial charge in [-0.2, -0.15) is 4.63 Å². The molecule has 1 aromatic carbocycles. The van der Waals surface area contributed by atoms with Gasteiger partial charge in [0, 0.05) is 34.6 Å². The van der Waals surface area contributed by atoms with Gasteiger partial charge in [-0.3, -0.25) is 9.31 Å². The fraction of sp³-hybridized carbons (Fsp3) is 0.231. The van der Waals surface area contributed by atoms with Crippen LogP contribution in [0.1, 0.15) is 24.2 Å². The topological polar surface area (TPSA) is 98.1 Å². The summed E-state index contributed by atoms with van der Waals surface area (Å²) < 4.78 is 25.3. The number of benzene rings is 1. The molecule has 110 valence electrons. The summed E-state index contributed by atoms with van der Waals surface area (Å²) in [5.74, 6) is 0.626. The number of fused-ring (bicyclic) bond motifs is 1. The molecule has 8 heteroatoms. The molecule has 3 aromatic rings. The van der Waals surface area contributed by atoms with Crippen molar-refractivity contribution in [3.8, 4) is 11.4 Å². The maximum Gasteiger partial charge on any atom is 0.183 e. The van der Waals surface area contributed by atoms with Crippen molar-refractivity contribution in [1.82, 2.24) is 24.5 Å². The number of hydrogen-bond donors (Lipinski definition) is 2. The predicted octanol–water partition coefficient (Wildman–Crippen LogP) is 1.48. The second-order valence-corrected chi connectivity index (χ2v) is 5.55. The normalized spacial score (nSPS) is 14.4. The van der Waals surface area contributed by atoms with Gasteiger partial charge >= 0.3 is 0 Å². The molecular formula is C13H14N5O2S-. The molecule has 2 heterocycles. The van der Waals surface area contributed by atoms with E-state index in [1.807, 2.05) is 37.3 Å². The molecule has 0 aliphatic carbocycles. The Morgan fingerprint density at radius 2 is 2.10 bits per heavy atom. The molecule has 2 unspecified atom stereocenters. The van der Waals surface area contributed by atoms with E-state index in [0.717, 1.165) is 22.5 Å². The van der Waals surface area contributed by atoms with Crippen LogP contribution in [0.3, 0.4) is 0 Å². The van der Waals surface area contributed by atoms with E-state index >= 15 is 0 Å². The van der Waals surface area contributed by atoms with Gasteiger partial charge < -0.3 is 4.55 Å². The van der Waals surface area contributed by atoms with Gasteiger partial charge in [-0.25, -0.2) is 9.71 Å². The zero-order valence-corrected chi connectivity index (χ0v) is 12.3. The third kappa shape index (κ3) is 2.87. The van der Waals surface area contributed by atoms with Crippen LogP contribution in [0.25, 0.3) is 17.0 Å². The number of hydrogen-bond acceptors (Lipinski definition) is 4. The molecule has 2 N–H and O–H groups in total. The van der Waals surface area contributed by atoms with Gasteiger partial charge in [0.15, 0.2) is 11.5 Å². The standard InChI is InChI=1S/C13H15N5O2S/c1-8-7-12-14-13(16-18(12)15-8)11-5-3-10(4-6-11)9(2)17-21(19)20/h3-7,9,15,17H,1-2H3,(H,19,20)/p-1. The van der Waals surface area contributed by atoms with Crippen molar-refractivity contribution in [2.75, 3.05) is 0 Å². The Morgan fingerprint density at radius 3 is 2.71 bits per heavy atom. The Kier molecular flexibility index (Phi) is 3.58. The number of H-pyrrole nitrogens is 1. The number of aromatic nitrogens is 4. The first-order valence-electron chi connectivity index (χ1n) is 6.41. The Bertz CT molecular complexity index is 761. The lowest BCUT2D eigenvalue weighted by atomic mass is 10.1. The van der Waals surface area contributed by atoms with Crippen LogP contribution < -0.4 is 4.72 Å². The molecular weight excluding hydrogens is 290 g/mol. The maximum atomic E-state index is 10.6. The molecule has 0 spiro atoms. The molecule has 0 saturated heterocycles. The van der Waals surface area contributed by atoms with E-state index in [1.165, 1.54) is 0 Å². The van der Waals surface area contributed by atoms with Crippen LogP contribution in [0.15, 0.2) is 30.3 Å². The van der Waals surface area contributed by atoms with Crippen molar-refractivity contribution in [2.45, 2.75) is 19.9 Å². The number of aromatic amines is 1. The second-order valence-electron chi connectivity index (χ2n) is 4.84. The second kappa shape index (κ2) is 5.40. The molecule has 0 amide bonds. The van der Waals surface area contributed by atoms with E-state index in [4.69, 9.17) is 0 Å². The highest BCUT2D eigenvalue weighted by molar-refractivity contribution is 7.77. The van der Waals surface area contributed by atoms with Crippen molar-refractivity contribution >= 4 is 16.9 Å². The highest BCUT2D eigenvalue weighted by Crippen LogP contribution is 2.20. The van der Waals surface area contributed by atoms with Crippen molar-refractivity contribution in [1.29, 1.82) is 0 Å². The van der Waals surface area contributed by atoms with Crippen molar-refractivity contribution in [3.63, 3.8) is 0 Å². The highest BCUT2D eigenvalue weighted by Gasteiger charge is 2.09. The van der Waals surface area contributed by atoms with E-state index in [2.05, 4.69) is 19.9 Å². The monoisotopic (exact) mass is 304 g/mol. The summed E-state index contributed by atoms with van der Waals surface area (Å²) in [5, 5.41) is 7.43. The predicted molar refractivity (Wildman–Crippen MR) is 78.0 cm³/mol. The molecule has 0 aliphatic rings. The van der Waals surface area contributed by atoms with Gasteiger partial charge in [0.2, 0.25) is 0 Å². The maximum absolute atomic E-state index is 10.6. The number of nitrogens with one attached hydrogen (secondary N) is 2. The van der Waals surface area contributed by atoms with Crippen LogP contribution in [0.5, 0.6) is 0 Å². The van der Waals surface area contributed by atoms with Gasteiger partial charge in [-0.15, -0.1) is 5.10 Å². The van der Waals surface area contributed by atoms with Crippen molar-refractivity contribution in [2.24, 2.45) is 0 Å². The fourth-order valence-electron chi connectivity index (χ4n) is 2.15. The third-order valence-electron chi connectivity index (χ3n) is 3.20. The van der Waals surface area contributed by atoms with Crippen molar-refractivity contribution < 1.29 is 8.76 Å². The smallest absolute Gasteiger partial charge is 0.183 e. The molecule has 0 fully saturated rings. The fourth-order valence-corrected chi connectivity index (χ4v) is 2.57. The molecule has 2 atom stereocenters. The lowest BCUT2D eigenvalue weighted by Crippen LogP contribution is -2.20. The molecule has 7 nitrogen and oxygen atoms in total. The van der Waals surface area contributed by atoms with Gasteiger partial charge in [0.25, 0.3) is 0 Å². The van der Waals surface area contributed by atoms with Crippen LogP contribution in [0.4, 0.5) is 0 Å². The summed E-state index contributed by atoms with van der Waals surface area (Å²) in [4.78, 5) is 4.43. The Labute approximate surface area is 123 Å². The minimum absolute atomic E-state index is 0.274. The number of aryl methyl sites for hydroxylation is 1. The molecule has 3 rings (SSSR count). The van der Waals surface area contributed by atoms with E-state index < -0.39 is 11.3 Å². The van der Waals surface area contributed by atoms with Crippen LogP contribution >= 0.6 is 0 Å². The lowest BCUT2D eigenvalue weighted by molar-refractivity contribution is 0.512. The SMILES string of the molecule is Cc1cc2nc(-c3ccc(C(C)NS(=O)[O-])cc3)nn2[nH]1. The van der Waals surface area contributed by atoms with Crippen LogP contribution in [0, 0.1) is 6.92 Å². The van der Waals surface area contributed by atoms with Crippen LogP contribution in [0.2, 0.25) is 0 Å². The van der Waals surface area contributed by atoms with Gasteiger partial charge in [0.05, 0.1) is 0 Å². The molecule has 0 bridgehead atoms. The summed E-state index contributed by atoms with van der Waals surface area (Å²) in [5.41, 5.74) is 3.52. The first kappa shape index (κ1) is 13.9. The van der Waals surface area contributed by atoms with Crippen LogP contribution in [-0.4, -0.2) is 28.6 Å².